The van der Waals surface area contributed by atoms with Crippen LogP contribution in [-0.2, 0) is 21.8 Å². The Balaban J connectivity index is 1.91. The van der Waals surface area contributed by atoms with E-state index >= 15 is 0 Å². The Kier molecular flexibility index (Phi) is 5.74. The molecule has 1 aliphatic rings. The molecule has 0 aliphatic carbocycles. The van der Waals surface area contributed by atoms with Crippen molar-refractivity contribution in [1.29, 1.82) is 0 Å². The van der Waals surface area contributed by atoms with E-state index in [0.717, 1.165) is 24.2 Å². The number of nitrogens with one attached hydrogen (secondary N) is 1. The van der Waals surface area contributed by atoms with Crippen molar-refractivity contribution in [1.82, 2.24) is 19.3 Å². The summed E-state index contributed by atoms with van der Waals surface area (Å²) in [5.41, 5.74) is 0.864. The fourth-order valence-electron chi connectivity index (χ4n) is 3.39. The van der Waals surface area contributed by atoms with Crippen LogP contribution in [0.2, 0.25) is 0 Å². The fraction of sp³-hybridized carbons (Fsp3) is 0.556. The minimum absolute atomic E-state index is 0.0599. The zero-order chi connectivity index (χ0) is 18.7. The highest BCUT2D eigenvalue weighted by Gasteiger charge is 2.31. The summed E-state index contributed by atoms with van der Waals surface area (Å²) < 4.78 is 36.1. The van der Waals surface area contributed by atoms with Crippen molar-refractivity contribution in [3.05, 3.63) is 42.1 Å². The molecule has 3 rings (SSSR count). The molecule has 0 bridgehead atoms. The van der Waals surface area contributed by atoms with Gasteiger partial charge < -0.3 is 9.30 Å². The summed E-state index contributed by atoms with van der Waals surface area (Å²) >= 11 is 0. The van der Waals surface area contributed by atoms with E-state index in [2.05, 4.69) is 14.7 Å². The van der Waals surface area contributed by atoms with Gasteiger partial charge in [0.1, 0.15) is 5.82 Å². The average molecular weight is 378 g/mol. The van der Waals surface area contributed by atoms with Gasteiger partial charge in [0.05, 0.1) is 6.04 Å². The molecule has 1 aliphatic heterocycles. The van der Waals surface area contributed by atoms with E-state index in [0.29, 0.717) is 13.2 Å². The Labute approximate surface area is 154 Å². The van der Waals surface area contributed by atoms with Crippen molar-refractivity contribution in [2.45, 2.75) is 43.7 Å². The van der Waals surface area contributed by atoms with E-state index in [1.54, 1.807) is 23.2 Å². The lowest BCUT2D eigenvalue weighted by atomic mass is 9.88. The van der Waals surface area contributed by atoms with E-state index in [1.807, 2.05) is 33.0 Å². The first-order chi connectivity index (χ1) is 12.4. The Hall–Kier alpha value is -1.77. The van der Waals surface area contributed by atoms with E-state index < -0.39 is 10.0 Å². The average Bonchev–Trinajstić information content (AvgIpc) is 3.04. The molecule has 0 unspecified atom stereocenters. The molecule has 142 valence electrons. The van der Waals surface area contributed by atoms with Gasteiger partial charge in [0.25, 0.3) is 10.0 Å². The maximum atomic E-state index is 13.0. The number of aryl methyl sites for hydroxylation is 1. The summed E-state index contributed by atoms with van der Waals surface area (Å²) in [4.78, 5) is 8.50. The highest BCUT2D eigenvalue weighted by Crippen LogP contribution is 2.31. The number of nitrogens with zero attached hydrogens (tertiary/aromatic N) is 3. The van der Waals surface area contributed by atoms with E-state index in [-0.39, 0.29) is 22.9 Å². The molecule has 0 aromatic carbocycles. The Morgan fingerprint density at radius 2 is 2.04 bits per heavy atom. The first-order valence-corrected chi connectivity index (χ1v) is 10.4. The van der Waals surface area contributed by atoms with E-state index in [9.17, 15) is 8.42 Å². The molecule has 7 nitrogen and oxygen atoms in total. The van der Waals surface area contributed by atoms with Gasteiger partial charge in [-0.15, -0.1) is 0 Å². The predicted molar refractivity (Wildman–Crippen MR) is 98.1 cm³/mol. The lowest BCUT2D eigenvalue weighted by Gasteiger charge is -2.30. The van der Waals surface area contributed by atoms with Crippen LogP contribution in [0.25, 0.3) is 0 Å². The van der Waals surface area contributed by atoms with E-state index in [4.69, 9.17) is 4.74 Å². The summed E-state index contributed by atoms with van der Waals surface area (Å²) in [6.07, 6.45) is 6.60. The third-order valence-corrected chi connectivity index (χ3v) is 6.06. The van der Waals surface area contributed by atoms with Crippen LogP contribution in [0, 0.1) is 5.92 Å². The lowest BCUT2D eigenvalue weighted by molar-refractivity contribution is 0.0564. The lowest BCUT2D eigenvalue weighted by Crippen LogP contribution is -2.36. The van der Waals surface area contributed by atoms with Crippen molar-refractivity contribution in [2.24, 2.45) is 13.0 Å². The first-order valence-electron chi connectivity index (χ1n) is 8.91. The molecule has 8 heteroatoms. The van der Waals surface area contributed by atoms with Gasteiger partial charge in [0, 0.05) is 44.8 Å². The van der Waals surface area contributed by atoms with Crippen LogP contribution >= 0.6 is 0 Å². The van der Waals surface area contributed by atoms with E-state index in [1.165, 1.54) is 0 Å². The Morgan fingerprint density at radius 3 is 2.62 bits per heavy atom. The van der Waals surface area contributed by atoms with Crippen LogP contribution in [0.3, 0.4) is 0 Å². The number of hydrogen-bond acceptors (Lipinski definition) is 5. The van der Waals surface area contributed by atoms with Crippen LogP contribution in [0.15, 0.2) is 35.7 Å². The molecule has 2 aromatic heterocycles. The highest BCUT2D eigenvalue weighted by atomic mass is 32.2. The van der Waals surface area contributed by atoms with Gasteiger partial charge in [-0.2, -0.15) is 0 Å². The van der Waals surface area contributed by atoms with Gasteiger partial charge in [0.15, 0.2) is 5.03 Å². The maximum absolute atomic E-state index is 13.0. The number of rotatable bonds is 6. The molecule has 0 radical (unpaired) electrons. The number of sulfonamides is 1. The van der Waals surface area contributed by atoms with Gasteiger partial charge in [0.2, 0.25) is 0 Å². The molecule has 1 saturated heterocycles. The third kappa shape index (κ3) is 4.13. The quantitative estimate of drug-likeness (QED) is 0.834. The van der Waals surface area contributed by atoms with Gasteiger partial charge in [-0.3, -0.25) is 4.98 Å². The van der Waals surface area contributed by atoms with Gasteiger partial charge in [-0.05, 0) is 30.4 Å². The summed E-state index contributed by atoms with van der Waals surface area (Å²) in [5, 5.41) is 0.0599. The molecular weight excluding hydrogens is 352 g/mol. The molecule has 1 atom stereocenters. The highest BCUT2D eigenvalue weighted by molar-refractivity contribution is 7.89. The molecule has 0 amide bonds. The van der Waals surface area contributed by atoms with Gasteiger partial charge in [-0.1, -0.05) is 19.9 Å². The molecule has 3 heterocycles. The second kappa shape index (κ2) is 7.85. The van der Waals surface area contributed by atoms with Crippen molar-refractivity contribution in [3.63, 3.8) is 0 Å². The number of ether oxygens (including phenoxy) is 1. The SMILES string of the molecule is CC(C)c1nc(S(=O)(=O)N[C@@H](c2cccnc2)C2CCOCC2)cn1C. The standard InChI is InChI=1S/C18H26N4O3S/c1-13(2)18-20-16(12-22(18)3)26(23,24)21-17(14-6-9-25-10-7-14)15-5-4-8-19-11-15/h4-5,8,11-14,17,21H,6-7,9-10H2,1-3H3/t17-/m1/s1. The summed E-state index contributed by atoms with van der Waals surface area (Å²) in [7, 11) is -1.92. The second-order valence-electron chi connectivity index (χ2n) is 7.04. The van der Waals surface area contributed by atoms with Crippen LogP contribution in [-0.4, -0.2) is 36.2 Å². The van der Waals surface area contributed by atoms with Crippen molar-refractivity contribution in [3.8, 4) is 0 Å². The monoisotopic (exact) mass is 378 g/mol. The topological polar surface area (TPSA) is 86.1 Å². The van der Waals surface area contributed by atoms with Crippen LogP contribution in [0.5, 0.6) is 0 Å². The normalized spacial score (nSPS) is 17.5. The molecular formula is C18H26N4O3S. The molecule has 2 aromatic rings. The van der Waals surface area contributed by atoms with Gasteiger partial charge >= 0.3 is 0 Å². The number of hydrogen-bond donors (Lipinski definition) is 1. The zero-order valence-electron chi connectivity index (χ0n) is 15.4. The zero-order valence-corrected chi connectivity index (χ0v) is 16.2. The van der Waals surface area contributed by atoms with Gasteiger partial charge in [-0.25, -0.2) is 18.1 Å². The molecule has 0 saturated carbocycles. The summed E-state index contributed by atoms with van der Waals surface area (Å²) in [6.45, 7) is 5.27. The first kappa shape index (κ1) is 19.0. The molecule has 0 spiro atoms. The second-order valence-corrected chi connectivity index (χ2v) is 8.70. The third-order valence-electron chi connectivity index (χ3n) is 4.74. The van der Waals surface area contributed by atoms with Crippen LogP contribution in [0.4, 0.5) is 0 Å². The van der Waals surface area contributed by atoms with Crippen LogP contribution in [0.1, 0.15) is 50.0 Å². The van der Waals surface area contributed by atoms with Crippen molar-refractivity contribution < 1.29 is 13.2 Å². The van der Waals surface area contributed by atoms with Crippen molar-refractivity contribution in [2.75, 3.05) is 13.2 Å². The largest absolute Gasteiger partial charge is 0.381 e. The van der Waals surface area contributed by atoms with Crippen molar-refractivity contribution >= 4 is 10.0 Å². The predicted octanol–water partition coefficient (Wildman–Crippen LogP) is 2.38. The molecule has 1 N–H and O–H groups in total. The van der Waals surface area contributed by atoms with Crippen LogP contribution < -0.4 is 4.72 Å². The summed E-state index contributed by atoms with van der Waals surface area (Å²) in [5.74, 6) is 1.05. The Morgan fingerprint density at radius 1 is 1.31 bits per heavy atom. The number of aromatic nitrogens is 3. The molecule has 1 fully saturated rings. The number of imidazole rings is 1. The maximum Gasteiger partial charge on any atom is 0.260 e. The minimum atomic E-state index is -3.74. The fourth-order valence-corrected chi connectivity index (χ4v) is 4.69. The molecule has 26 heavy (non-hydrogen) atoms. The smallest absolute Gasteiger partial charge is 0.260 e. The number of pyridine rings is 1. The minimum Gasteiger partial charge on any atom is -0.381 e. The Bertz CT molecular complexity index is 827. The summed E-state index contributed by atoms with van der Waals surface area (Å²) in [6, 6.07) is 3.39.